The molecule has 0 aromatic heterocycles. The second-order valence-corrected chi connectivity index (χ2v) is 8.84. The van der Waals surface area contributed by atoms with E-state index < -0.39 is 5.97 Å². The Bertz CT molecular complexity index is 408. The quantitative estimate of drug-likeness (QED) is 0.644. The molecule has 140 valence electrons. The lowest BCUT2D eigenvalue weighted by Crippen LogP contribution is -2.50. The number of carboxylic acids is 1. The third kappa shape index (κ3) is 4.33. The Labute approximate surface area is 148 Å². The maximum atomic E-state index is 10.8. The van der Waals surface area contributed by atoms with Crippen LogP contribution < -0.4 is 0 Å². The maximum Gasteiger partial charge on any atom is 0.303 e. The first-order valence-corrected chi connectivity index (χ1v) is 10.3. The van der Waals surface area contributed by atoms with Crippen molar-refractivity contribution in [1.82, 2.24) is 0 Å². The van der Waals surface area contributed by atoms with Gasteiger partial charge in [-0.1, -0.05) is 40.5 Å². The number of rotatable bonds is 7. The first-order chi connectivity index (χ1) is 11.4. The molecule has 2 N–H and O–H groups in total. The van der Waals surface area contributed by atoms with Crippen LogP contribution in [0.3, 0.4) is 0 Å². The molecule has 3 heteroatoms. The standard InChI is InChI=1S/C21H38O3/c1-5-13(2)20-15(4)12-17-18(22)11-10-14(3)21(17)16(20)8-6-7-9-19(23)24/h13-18,20-22H,5-12H2,1-4H3,(H,23,24)/t13?,14-,15?,16+,17-,18?,20+,21-/m0/s1. The molecule has 0 aromatic rings. The van der Waals surface area contributed by atoms with Crippen LogP contribution >= 0.6 is 0 Å². The van der Waals surface area contributed by atoms with E-state index in [0.717, 1.165) is 43.9 Å². The molecule has 2 aliphatic carbocycles. The van der Waals surface area contributed by atoms with E-state index in [1.807, 2.05) is 0 Å². The average Bonchev–Trinajstić information content (AvgIpc) is 2.53. The van der Waals surface area contributed by atoms with Crippen LogP contribution in [0, 0.1) is 41.4 Å². The molecule has 0 spiro atoms. The minimum absolute atomic E-state index is 0.118. The molecule has 0 aromatic carbocycles. The van der Waals surface area contributed by atoms with E-state index in [-0.39, 0.29) is 6.10 Å². The van der Waals surface area contributed by atoms with Crippen LogP contribution in [0.1, 0.15) is 79.1 Å². The Morgan fingerprint density at radius 1 is 1.17 bits per heavy atom. The number of aliphatic carboxylic acids is 1. The minimum Gasteiger partial charge on any atom is -0.481 e. The third-order valence-electron chi connectivity index (χ3n) is 7.33. The lowest BCUT2D eigenvalue weighted by atomic mass is 9.51. The highest BCUT2D eigenvalue weighted by molar-refractivity contribution is 5.66. The minimum atomic E-state index is -0.676. The van der Waals surface area contributed by atoms with Crippen molar-refractivity contribution >= 4 is 5.97 Å². The van der Waals surface area contributed by atoms with Gasteiger partial charge in [0.25, 0.3) is 0 Å². The molecule has 2 fully saturated rings. The van der Waals surface area contributed by atoms with Gasteiger partial charge in [-0.25, -0.2) is 0 Å². The van der Waals surface area contributed by atoms with E-state index in [2.05, 4.69) is 27.7 Å². The predicted octanol–water partition coefficient (Wildman–Crippen LogP) is 4.97. The monoisotopic (exact) mass is 338 g/mol. The van der Waals surface area contributed by atoms with Crippen LogP contribution in [0.5, 0.6) is 0 Å². The summed E-state index contributed by atoms with van der Waals surface area (Å²) in [5.41, 5.74) is 0. The average molecular weight is 339 g/mol. The van der Waals surface area contributed by atoms with Crippen molar-refractivity contribution < 1.29 is 15.0 Å². The first-order valence-electron chi connectivity index (χ1n) is 10.3. The van der Waals surface area contributed by atoms with Gasteiger partial charge in [-0.15, -0.1) is 0 Å². The van der Waals surface area contributed by atoms with E-state index >= 15 is 0 Å². The number of fused-ring (bicyclic) bond motifs is 1. The number of unbranched alkanes of at least 4 members (excludes halogenated alkanes) is 1. The van der Waals surface area contributed by atoms with E-state index in [1.165, 1.54) is 12.8 Å². The molecule has 0 heterocycles. The van der Waals surface area contributed by atoms with Gasteiger partial charge in [0.1, 0.15) is 0 Å². The topological polar surface area (TPSA) is 57.5 Å². The molecule has 0 saturated heterocycles. The molecule has 0 bridgehead atoms. The molecule has 8 atom stereocenters. The lowest BCUT2D eigenvalue weighted by Gasteiger charge is -2.54. The number of hydrogen-bond acceptors (Lipinski definition) is 2. The summed E-state index contributed by atoms with van der Waals surface area (Å²) in [5.74, 6) is 3.90. The largest absolute Gasteiger partial charge is 0.481 e. The van der Waals surface area contributed by atoms with Gasteiger partial charge in [0.15, 0.2) is 0 Å². The number of hydrogen-bond donors (Lipinski definition) is 2. The Morgan fingerprint density at radius 3 is 2.50 bits per heavy atom. The normalized spacial score (nSPS) is 40.8. The van der Waals surface area contributed by atoms with Gasteiger partial charge in [-0.3, -0.25) is 4.79 Å². The van der Waals surface area contributed by atoms with Crippen LogP contribution in [-0.4, -0.2) is 22.3 Å². The van der Waals surface area contributed by atoms with Crippen LogP contribution in [0.2, 0.25) is 0 Å². The summed E-state index contributed by atoms with van der Waals surface area (Å²) in [6.45, 7) is 9.47. The van der Waals surface area contributed by atoms with Gasteiger partial charge < -0.3 is 10.2 Å². The van der Waals surface area contributed by atoms with Crippen molar-refractivity contribution in [2.45, 2.75) is 85.2 Å². The van der Waals surface area contributed by atoms with E-state index in [4.69, 9.17) is 5.11 Å². The molecular weight excluding hydrogens is 300 g/mol. The predicted molar refractivity (Wildman–Crippen MR) is 97.7 cm³/mol. The van der Waals surface area contributed by atoms with Gasteiger partial charge in [0.2, 0.25) is 0 Å². The van der Waals surface area contributed by atoms with Gasteiger partial charge in [0.05, 0.1) is 6.10 Å². The summed E-state index contributed by atoms with van der Waals surface area (Å²) < 4.78 is 0. The second kappa shape index (κ2) is 8.69. The smallest absolute Gasteiger partial charge is 0.303 e. The summed E-state index contributed by atoms with van der Waals surface area (Å²) in [7, 11) is 0. The van der Waals surface area contributed by atoms with Gasteiger partial charge in [-0.05, 0) is 73.5 Å². The van der Waals surface area contributed by atoms with E-state index in [1.54, 1.807) is 0 Å². The SMILES string of the molecule is CCC(C)[C@@H]1C(C)C[C@H]2C(O)CC[C@H](C)[C@H]2[C@@H]1CCCCC(=O)O. The Kier molecular flexibility index (Phi) is 7.15. The fourth-order valence-electron chi connectivity index (χ4n) is 6.13. The fourth-order valence-corrected chi connectivity index (χ4v) is 6.13. The maximum absolute atomic E-state index is 10.8. The summed E-state index contributed by atoms with van der Waals surface area (Å²) in [6, 6.07) is 0. The van der Waals surface area contributed by atoms with Gasteiger partial charge >= 0.3 is 5.97 Å². The first kappa shape index (κ1) is 19.8. The van der Waals surface area contributed by atoms with Crippen molar-refractivity contribution in [3.8, 4) is 0 Å². The zero-order valence-corrected chi connectivity index (χ0v) is 16.1. The van der Waals surface area contributed by atoms with Crippen molar-refractivity contribution in [1.29, 1.82) is 0 Å². The highest BCUT2D eigenvalue weighted by Crippen LogP contribution is 2.54. The zero-order chi connectivity index (χ0) is 17.9. The van der Waals surface area contributed by atoms with Crippen molar-refractivity contribution in [3.05, 3.63) is 0 Å². The van der Waals surface area contributed by atoms with Crippen molar-refractivity contribution in [2.75, 3.05) is 0 Å². The van der Waals surface area contributed by atoms with Crippen LogP contribution in [-0.2, 0) is 4.79 Å². The van der Waals surface area contributed by atoms with Gasteiger partial charge in [0, 0.05) is 6.42 Å². The molecule has 2 aliphatic rings. The molecule has 24 heavy (non-hydrogen) atoms. The Morgan fingerprint density at radius 2 is 1.88 bits per heavy atom. The molecule has 3 unspecified atom stereocenters. The van der Waals surface area contributed by atoms with Crippen LogP contribution in [0.15, 0.2) is 0 Å². The molecule has 3 nitrogen and oxygen atoms in total. The molecule has 0 amide bonds. The summed E-state index contributed by atoms with van der Waals surface area (Å²) >= 11 is 0. The Balaban J connectivity index is 2.16. The summed E-state index contributed by atoms with van der Waals surface area (Å²) in [6.07, 6.45) is 7.64. The van der Waals surface area contributed by atoms with Crippen molar-refractivity contribution in [2.24, 2.45) is 41.4 Å². The summed E-state index contributed by atoms with van der Waals surface area (Å²) in [4.78, 5) is 10.8. The van der Waals surface area contributed by atoms with Crippen LogP contribution in [0.25, 0.3) is 0 Å². The highest BCUT2D eigenvalue weighted by atomic mass is 16.4. The molecule has 2 saturated carbocycles. The summed E-state index contributed by atoms with van der Waals surface area (Å²) in [5, 5.41) is 19.5. The number of aliphatic hydroxyl groups is 1. The fraction of sp³-hybridized carbons (Fsp3) is 0.952. The second-order valence-electron chi connectivity index (χ2n) is 8.84. The van der Waals surface area contributed by atoms with Crippen molar-refractivity contribution in [3.63, 3.8) is 0 Å². The van der Waals surface area contributed by atoms with E-state index in [9.17, 15) is 9.90 Å². The van der Waals surface area contributed by atoms with Gasteiger partial charge in [-0.2, -0.15) is 0 Å². The van der Waals surface area contributed by atoms with Crippen LogP contribution in [0.4, 0.5) is 0 Å². The number of carbonyl (C=O) groups is 1. The molecule has 0 radical (unpaired) electrons. The van der Waals surface area contributed by atoms with E-state index in [0.29, 0.717) is 36.0 Å². The number of carboxylic acid groups (broad SMARTS) is 1. The Hall–Kier alpha value is -0.570. The molecular formula is C21H38O3. The molecule has 0 aliphatic heterocycles. The number of aliphatic hydroxyl groups excluding tert-OH is 1. The molecule has 2 rings (SSSR count). The zero-order valence-electron chi connectivity index (χ0n) is 16.1. The lowest BCUT2D eigenvalue weighted by molar-refractivity contribution is -0.137. The third-order valence-corrected chi connectivity index (χ3v) is 7.33. The highest BCUT2D eigenvalue weighted by Gasteiger charge is 2.49.